The molecule has 0 aliphatic carbocycles. The first-order valence-corrected chi connectivity index (χ1v) is 12.0. The molecule has 0 saturated carbocycles. The Balaban J connectivity index is 1.88. The Hall–Kier alpha value is -2.67. The molecule has 0 spiro atoms. The number of rotatable bonds is 3. The molecule has 2 aromatic carbocycles. The normalized spacial score (nSPS) is 17.3. The summed E-state index contributed by atoms with van der Waals surface area (Å²) in [7, 11) is -2.36. The molecule has 164 valence electrons. The second-order valence-electron chi connectivity index (χ2n) is 8.70. The van der Waals surface area contributed by atoms with Gasteiger partial charge in [-0.2, -0.15) is 0 Å². The summed E-state index contributed by atoms with van der Waals surface area (Å²) < 4.78 is 43.1. The SMILES string of the molecule is Cc1ccc(S(=O)(=O)c2cn(C)c3cc(N4CCCC(C)C4)c(F)cc3c2=O)cc1C. The van der Waals surface area contributed by atoms with Crippen molar-refractivity contribution < 1.29 is 12.8 Å². The summed E-state index contributed by atoms with van der Waals surface area (Å²) in [4.78, 5) is 14.9. The number of anilines is 1. The summed E-state index contributed by atoms with van der Waals surface area (Å²) in [5.74, 6) is -0.0300. The van der Waals surface area contributed by atoms with Gasteiger partial charge in [0.05, 0.1) is 21.5 Å². The zero-order valence-corrected chi connectivity index (χ0v) is 19.1. The zero-order valence-electron chi connectivity index (χ0n) is 18.3. The Morgan fingerprint density at radius 1 is 1.10 bits per heavy atom. The van der Waals surface area contributed by atoms with Crippen LogP contribution in [-0.2, 0) is 16.9 Å². The van der Waals surface area contributed by atoms with Crippen LogP contribution in [0.4, 0.5) is 10.1 Å². The van der Waals surface area contributed by atoms with E-state index in [0.29, 0.717) is 17.1 Å². The Morgan fingerprint density at radius 2 is 1.84 bits per heavy atom. The fourth-order valence-corrected chi connectivity index (χ4v) is 5.80. The van der Waals surface area contributed by atoms with Gasteiger partial charge in [0.2, 0.25) is 15.3 Å². The molecule has 0 N–H and O–H groups in total. The number of piperidine rings is 1. The van der Waals surface area contributed by atoms with Crippen LogP contribution in [0.15, 0.2) is 51.1 Å². The molecule has 1 unspecified atom stereocenters. The van der Waals surface area contributed by atoms with E-state index >= 15 is 4.39 Å². The van der Waals surface area contributed by atoms with E-state index in [0.717, 1.165) is 37.1 Å². The van der Waals surface area contributed by atoms with Crippen molar-refractivity contribution in [2.45, 2.75) is 43.4 Å². The Labute approximate surface area is 182 Å². The summed E-state index contributed by atoms with van der Waals surface area (Å²) in [6.07, 6.45) is 3.45. The smallest absolute Gasteiger partial charge is 0.211 e. The van der Waals surface area contributed by atoms with Crippen molar-refractivity contribution in [2.24, 2.45) is 13.0 Å². The van der Waals surface area contributed by atoms with Gasteiger partial charge >= 0.3 is 0 Å². The molecule has 1 atom stereocenters. The van der Waals surface area contributed by atoms with Crippen molar-refractivity contribution in [3.05, 3.63) is 63.7 Å². The van der Waals surface area contributed by atoms with E-state index in [-0.39, 0.29) is 15.2 Å². The number of hydrogen-bond donors (Lipinski definition) is 0. The summed E-state index contributed by atoms with van der Waals surface area (Å²) in [6, 6.07) is 7.64. The minimum Gasteiger partial charge on any atom is -0.369 e. The minimum atomic E-state index is -4.04. The number of hydrogen-bond acceptors (Lipinski definition) is 4. The van der Waals surface area contributed by atoms with Crippen LogP contribution in [0.5, 0.6) is 0 Å². The molecule has 31 heavy (non-hydrogen) atoms. The van der Waals surface area contributed by atoms with Crippen LogP contribution in [0.25, 0.3) is 10.9 Å². The van der Waals surface area contributed by atoms with Crippen molar-refractivity contribution >= 4 is 26.4 Å². The van der Waals surface area contributed by atoms with Gasteiger partial charge in [0.1, 0.15) is 10.7 Å². The second kappa shape index (κ2) is 7.79. The highest BCUT2D eigenvalue weighted by atomic mass is 32.2. The highest BCUT2D eigenvalue weighted by molar-refractivity contribution is 7.91. The first-order valence-electron chi connectivity index (χ1n) is 10.5. The van der Waals surface area contributed by atoms with Crippen LogP contribution in [0, 0.1) is 25.6 Å². The molecule has 5 nitrogen and oxygen atoms in total. The Bertz CT molecular complexity index is 1350. The van der Waals surface area contributed by atoms with Gasteiger partial charge in [-0.15, -0.1) is 0 Å². The third kappa shape index (κ3) is 3.76. The molecule has 2 heterocycles. The van der Waals surface area contributed by atoms with Crippen LogP contribution in [-0.4, -0.2) is 26.1 Å². The van der Waals surface area contributed by atoms with Gasteiger partial charge < -0.3 is 9.47 Å². The molecule has 1 fully saturated rings. The van der Waals surface area contributed by atoms with Gasteiger partial charge in [-0.25, -0.2) is 12.8 Å². The van der Waals surface area contributed by atoms with Gasteiger partial charge in [0, 0.05) is 26.3 Å². The number of benzene rings is 2. The number of sulfone groups is 1. The predicted molar refractivity (Wildman–Crippen MR) is 121 cm³/mol. The number of nitrogens with zero attached hydrogens (tertiary/aromatic N) is 2. The fraction of sp³-hybridized carbons (Fsp3) is 0.375. The topological polar surface area (TPSA) is 59.4 Å². The molecule has 4 rings (SSSR count). The predicted octanol–water partition coefficient (Wildman–Crippen LogP) is 4.36. The molecule has 1 aromatic heterocycles. The number of pyridine rings is 1. The molecule has 0 amide bonds. The summed E-state index contributed by atoms with van der Waals surface area (Å²) in [6.45, 7) is 7.38. The molecule has 0 radical (unpaired) electrons. The van der Waals surface area contributed by atoms with E-state index in [1.165, 1.54) is 18.3 Å². The van der Waals surface area contributed by atoms with E-state index in [1.54, 1.807) is 29.8 Å². The summed E-state index contributed by atoms with van der Waals surface area (Å²) in [5.41, 5.74) is 2.08. The van der Waals surface area contributed by atoms with Crippen LogP contribution in [0.3, 0.4) is 0 Å². The lowest BCUT2D eigenvalue weighted by atomic mass is 9.99. The Morgan fingerprint density at radius 3 is 2.52 bits per heavy atom. The lowest BCUT2D eigenvalue weighted by Crippen LogP contribution is -2.35. The second-order valence-corrected chi connectivity index (χ2v) is 10.6. The monoisotopic (exact) mass is 442 g/mol. The molecular formula is C24H27FN2O3S. The van der Waals surface area contributed by atoms with Crippen molar-refractivity contribution in [1.29, 1.82) is 0 Å². The lowest BCUT2D eigenvalue weighted by Gasteiger charge is -2.33. The van der Waals surface area contributed by atoms with Gasteiger partial charge in [0.15, 0.2) is 0 Å². The third-order valence-corrected chi connectivity index (χ3v) is 8.04. The molecule has 3 aromatic rings. The lowest BCUT2D eigenvalue weighted by molar-refractivity contribution is 0.442. The van der Waals surface area contributed by atoms with Crippen LogP contribution < -0.4 is 10.3 Å². The average Bonchev–Trinajstić information content (AvgIpc) is 2.72. The first-order chi connectivity index (χ1) is 14.6. The van der Waals surface area contributed by atoms with E-state index < -0.39 is 21.1 Å². The van der Waals surface area contributed by atoms with E-state index in [2.05, 4.69) is 6.92 Å². The van der Waals surface area contributed by atoms with Crippen LogP contribution in [0.1, 0.15) is 30.9 Å². The highest BCUT2D eigenvalue weighted by Crippen LogP contribution is 2.30. The molecule has 7 heteroatoms. The molecule has 0 bridgehead atoms. The summed E-state index contributed by atoms with van der Waals surface area (Å²) >= 11 is 0. The highest BCUT2D eigenvalue weighted by Gasteiger charge is 2.26. The van der Waals surface area contributed by atoms with Crippen molar-refractivity contribution in [3.8, 4) is 0 Å². The number of aromatic nitrogens is 1. The van der Waals surface area contributed by atoms with E-state index in [9.17, 15) is 13.2 Å². The molecule has 1 aliphatic heterocycles. The minimum absolute atomic E-state index is 0.0615. The Kier molecular flexibility index (Phi) is 5.41. The van der Waals surface area contributed by atoms with Crippen molar-refractivity contribution in [1.82, 2.24) is 4.57 Å². The summed E-state index contributed by atoms with van der Waals surface area (Å²) in [5, 5.41) is 0.0683. The maximum absolute atomic E-state index is 15.1. The standard InChI is InChI=1S/C24H27FN2O3S/c1-15-6-5-9-27(13-15)22-12-21-19(11-20(22)25)24(28)23(14-26(21)4)31(29,30)18-8-7-16(2)17(3)10-18/h7-8,10-12,14-15H,5-6,9,13H2,1-4H3. The fourth-order valence-electron chi connectivity index (χ4n) is 4.31. The van der Waals surface area contributed by atoms with E-state index in [4.69, 9.17) is 0 Å². The third-order valence-electron chi connectivity index (χ3n) is 6.30. The van der Waals surface area contributed by atoms with Gasteiger partial charge in [-0.3, -0.25) is 4.79 Å². The van der Waals surface area contributed by atoms with Gasteiger partial charge in [-0.1, -0.05) is 13.0 Å². The number of halogens is 1. The maximum Gasteiger partial charge on any atom is 0.211 e. The maximum atomic E-state index is 15.1. The molecular weight excluding hydrogens is 415 g/mol. The number of aryl methyl sites for hydroxylation is 3. The van der Waals surface area contributed by atoms with E-state index in [1.807, 2.05) is 18.7 Å². The molecule has 1 saturated heterocycles. The number of fused-ring (bicyclic) bond motifs is 1. The average molecular weight is 443 g/mol. The van der Waals surface area contributed by atoms with Crippen molar-refractivity contribution in [2.75, 3.05) is 18.0 Å². The van der Waals surface area contributed by atoms with Gasteiger partial charge in [0.25, 0.3) is 0 Å². The van der Waals surface area contributed by atoms with Gasteiger partial charge in [-0.05, 0) is 68.0 Å². The van der Waals surface area contributed by atoms with Crippen LogP contribution >= 0.6 is 0 Å². The quantitative estimate of drug-likeness (QED) is 0.605. The van der Waals surface area contributed by atoms with Crippen LogP contribution in [0.2, 0.25) is 0 Å². The molecule has 1 aliphatic rings. The first kappa shape index (κ1) is 21.6. The van der Waals surface area contributed by atoms with Crippen molar-refractivity contribution in [3.63, 3.8) is 0 Å². The zero-order chi connectivity index (χ0) is 22.5. The largest absolute Gasteiger partial charge is 0.369 e.